The number of amides is 1. The van der Waals surface area contributed by atoms with E-state index in [0.29, 0.717) is 30.9 Å². The highest BCUT2D eigenvalue weighted by Gasteiger charge is 2.34. The zero-order valence-electron chi connectivity index (χ0n) is 11.2. The van der Waals surface area contributed by atoms with E-state index in [4.69, 9.17) is 23.1 Å². The van der Waals surface area contributed by atoms with Gasteiger partial charge in [0.25, 0.3) is 5.91 Å². The van der Waals surface area contributed by atoms with Crippen molar-refractivity contribution in [2.75, 3.05) is 13.1 Å². The molecule has 0 aromatic heterocycles. The van der Waals surface area contributed by atoms with Crippen LogP contribution < -0.4 is 5.73 Å². The molecule has 0 atom stereocenters. The van der Waals surface area contributed by atoms with Gasteiger partial charge < -0.3 is 15.7 Å². The zero-order chi connectivity index (χ0) is 14.9. The number of likely N-dealkylation sites (tertiary alicyclic amines) is 1. The van der Waals surface area contributed by atoms with E-state index >= 15 is 0 Å². The Balaban J connectivity index is 2.11. The predicted molar refractivity (Wildman–Crippen MR) is 78.1 cm³/mol. The Morgan fingerprint density at radius 2 is 2.05 bits per heavy atom. The van der Waals surface area contributed by atoms with Crippen LogP contribution in [-0.2, 0) is 0 Å². The number of halogens is 1. The number of nitrogens with two attached hydrogens (primary N) is 1. The molecule has 1 aromatic rings. The average molecular weight is 296 g/mol. The molecule has 0 aliphatic carbocycles. The van der Waals surface area contributed by atoms with Crippen LogP contribution in [0, 0.1) is 11.2 Å². The van der Waals surface area contributed by atoms with Crippen LogP contribution in [0.15, 0.2) is 18.2 Å². The summed E-state index contributed by atoms with van der Waals surface area (Å²) in [6.45, 7) is 2.97. The molecule has 1 saturated heterocycles. The van der Waals surface area contributed by atoms with Gasteiger partial charge in [-0.1, -0.05) is 19.1 Å². The fourth-order valence-electron chi connectivity index (χ4n) is 2.30. The molecule has 0 bridgehead atoms. The van der Waals surface area contributed by atoms with Crippen LogP contribution in [0.1, 0.15) is 30.1 Å². The summed E-state index contributed by atoms with van der Waals surface area (Å²) in [5.41, 5.74) is 5.45. The second kappa shape index (κ2) is 5.36. The van der Waals surface area contributed by atoms with Crippen molar-refractivity contribution in [1.82, 2.24) is 4.90 Å². The second-order valence-corrected chi connectivity index (χ2v) is 5.82. The van der Waals surface area contributed by atoms with Crippen molar-refractivity contribution in [1.29, 1.82) is 0 Å². The number of hydrogen-bond acceptors (Lipinski definition) is 3. The number of aromatic hydroxyl groups is 1. The number of thiocarbonyl (C=S) groups is 1. The Hall–Kier alpha value is -1.69. The third-order valence-corrected chi connectivity index (χ3v) is 4.42. The van der Waals surface area contributed by atoms with Gasteiger partial charge in [0.15, 0.2) is 0 Å². The van der Waals surface area contributed by atoms with E-state index in [1.54, 1.807) is 4.90 Å². The molecule has 1 aromatic carbocycles. The molecule has 2 rings (SSSR count). The van der Waals surface area contributed by atoms with Gasteiger partial charge in [0.05, 0.1) is 10.6 Å². The van der Waals surface area contributed by atoms with Gasteiger partial charge in [-0.3, -0.25) is 4.79 Å². The van der Waals surface area contributed by atoms with E-state index < -0.39 is 5.82 Å². The van der Waals surface area contributed by atoms with E-state index in [2.05, 4.69) is 0 Å². The molecule has 0 saturated carbocycles. The van der Waals surface area contributed by atoms with E-state index in [-0.39, 0.29) is 22.6 Å². The molecule has 6 heteroatoms. The van der Waals surface area contributed by atoms with Gasteiger partial charge in [-0.05, 0) is 25.0 Å². The minimum Gasteiger partial charge on any atom is -0.508 e. The SMILES string of the molecule is CC1(C(N)=S)CCN(C(=O)c2ccc(O)cc2F)CC1. The lowest BCUT2D eigenvalue weighted by Crippen LogP contribution is -2.46. The molecule has 0 spiro atoms. The number of phenolic OH excluding ortho intramolecular Hbond substituents is 1. The Morgan fingerprint density at radius 3 is 2.55 bits per heavy atom. The summed E-state index contributed by atoms with van der Waals surface area (Å²) in [4.78, 5) is 14.3. The van der Waals surface area contributed by atoms with Crippen molar-refractivity contribution in [2.24, 2.45) is 11.1 Å². The van der Waals surface area contributed by atoms with E-state index in [0.717, 1.165) is 6.07 Å². The van der Waals surface area contributed by atoms with Crippen molar-refractivity contribution < 1.29 is 14.3 Å². The number of piperidine rings is 1. The lowest BCUT2D eigenvalue weighted by atomic mass is 9.80. The Labute approximate surface area is 122 Å². The number of nitrogens with zero attached hydrogens (tertiary/aromatic N) is 1. The molecule has 1 fully saturated rings. The number of carbonyl (C=O) groups excluding carboxylic acids is 1. The molecule has 0 unspecified atom stereocenters. The van der Waals surface area contributed by atoms with Crippen LogP contribution in [0.5, 0.6) is 5.75 Å². The molecule has 1 aliphatic rings. The predicted octanol–water partition coefficient (Wildman–Crippen LogP) is 2.06. The second-order valence-electron chi connectivity index (χ2n) is 5.38. The van der Waals surface area contributed by atoms with Crippen LogP contribution >= 0.6 is 12.2 Å². The van der Waals surface area contributed by atoms with Gasteiger partial charge >= 0.3 is 0 Å². The number of benzene rings is 1. The smallest absolute Gasteiger partial charge is 0.256 e. The number of phenols is 1. The number of rotatable bonds is 2. The third-order valence-electron chi connectivity index (χ3n) is 3.93. The van der Waals surface area contributed by atoms with Crippen LogP contribution in [-0.4, -0.2) is 34.0 Å². The van der Waals surface area contributed by atoms with Gasteiger partial charge in [-0.2, -0.15) is 0 Å². The molecule has 0 radical (unpaired) electrons. The molecule has 1 aliphatic heterocycles. The lowest BCUT2D eigenvalue weighted by Gasteiger charge is -2.38. The van der Waals surface area contributed by atoms with Gasteiger partial charge in [-0.25, -0.2) is 4.39 Å². The quantitative estimate of drug-likeness (QED) is 0.820. The van der Waals surface area contributed by atoms with E-state index in [1.807, 2.05) is 6.92 Å². The third kappa shape index (κ3) is 2.75. The van der Waals surface area contributed by atoms with Crippen molar-refractivity contribution in [3.8, 4) is 5.75 Å². The first kappa shape index (κ1) is 14.7. The topological polar surface area (TPSA) is 66.6 Å². The highest BCUT2D eigenvalue weighted by Crippen LogP contribution is 2.32. The van der Waals surface area contributed by atoms with E-state index in [9.17, 15) is 9.18 Å². The van der Waals surface area contributed by atoms with Gasteiger partial charge in [0.2, 0.25) is 0 Å². The highest BCUT2D eigenvalue weighted by atomic mass is 32.1. The largest absolute Gasteiger partial charge is 0.508 e. The summed E-state index contributed by atoms with van der Waals surface area (Å²) < 4.78 is 13.7. The van der Waals surface area contributed by atoms with E-state index in [1.165, 1.54) is 12.1 Å². The monoisotopic (exact) mass is 296 g/mol. The van der Waals surface area contributed by atoms with Gasteiger partial charge in [0, 0.05) is 24.6 Å². The molecule has 1 amide bonds. The van der Waals surface area contributed by atoms with Gasteiger partial charge in [0.1, 0.15) is 11.6 Å². The van der Waals surface area contributed by atoms with Crippen molar-refractivity contribution in [2.45, 2.75) is 19.8 Å². The molecule has 3 N–H and O–H groups in total. The fourth-order valence-corrected chi connectivity index (χ4v) is 2.50. The minimum absolute atomic E-state index is 0.0262. The molecule has 20 heavy (non-hydrogen) atoms. The summed E-state index contributed by atoms with van der Waals surface area (Å²) in [6, 6.07) is 3.55. The van der Waals surface area contributed by atoms with Gasteiger partial charge in [-0.15, -0.1) is 0 Å². The Bertz CT molecular complexity index is 554. The van der Waals surface area contributed by atoms with Crippen LogP contribution in [0.25, 0.3) is 0 Å². The lowest BCUT2D eigenvalue weighted by molar-refractivity contribution is 0.0665. The molecule has 1 heterocycles. The maximum Gasteiger partial charge on any atom is 0.256 e. The summed E-state index contributed by atoms with van der Waals surface area (Å²) in [5, 5.41) is 9.17. The normalized spacial score (nSPS) is 17.8. The van der Waals surface area contributed by atoms with Crippen molar-refractivity contribution in [3.05, 3.63) is 29.6 Å². The summed E-state index contributed by atoms with van der Waals surface area (Å²) in [6.07, 6.45) is 1.35. The maximum absolute atomic E-state index is 13.7. The average Bonchev–Trinajstić information content (AvgIpc) is 2.38. The Morgan fingerprint density at radius 1 is 1.45 bits per heavy atom. The summed E-state index contributed by atoms with van der Waals surface area (Å²) in [7, 11) is 0. The van der Waals surface area contributed by atoms with Crippen LogP contribution in [0.3, 0.4) is 0 Å². The molecular weight excluding hydrogens is 279 g/mol. The zero-order valence-corrected chi connectivity index (χ0v) is 12.0. The first-order valence-corrected chi connectivity index (χ1v) is 6.82. The number of carbonyl (C=O) groups is 1. The standard InChI is InChI=1S/C14H17FN2O2S/c1-14(13(16)20)4-6-17(7-5-14)12(19)10-3-2-9(18)8-11(10)15/h2-3,8,18H,4-7H2,1H3,(H2,16,20). The fraction of sp³-hybridized carbons (Fsp3) is 0.429. The number of hydrogen-bond donors (Lipinski definition) is 2. The summed E-state index contributed by atoms with van der Waals surface area (Å²) >= 11 is 5.05. The Kier molecular flexibility index (Phi) is 3.94. The van der Waals surface area contributed by atoms with Crippen molar-refractivity contribution in [3.63, 3.8) is 0 Å². The summed E-state index contributed by atoms with van der Waals surface area (Å²) in [5.74, 6) is -1.27. The maximum atomic E-state index is 13.7. The van der Waals surface area contributed by atoms with Crippen molar-refractivity contribution >= 4 is 23.1 Å². The highest BCUT2D eigenvalue weighted by molar-refractivity contribution is 7.80. The van der Waals surface area contributed by atoms with Crippen LogP contribution in [0.4, 0.5) is 4.39 Å². The molecule has 108 valence electrons. The molecular formula is C14H17FN2O2S. The minimum atomic E-state index is -0.710. The molecule has 4 nitrogen and oxygen atoms in total. The first-order valence-electron chi connectivity index (χ1n) is 6.41. The van der Waals surface area contributed by atoms with Crippen LogP contribution in [0.2, 0.25) is 0 Å². The first-order chi connectivity index (χ1) is 9.33.